The van der Waals surface area contributed by atoms with E-state index in [0.29, 0.717) is 5.95 Å². The average molecular weight is 362 g/mol. The third-order valence-corrected chi connectivity index (χ3v) is 4.50. The molecule has 140 valence electrons. The first kappa shape index (κ1) is 18.7. The minimum Gasteiger partial charge on any atom is -0.497 e. The molecular weight excluding hydrogens is 336 g/mol. The first-order valence-corrected chi connectivity index (χ1v) is 9.10. The summed E-state index contributed by atoms with van der Waals surface area (Å²) in [6.07, 6.45) is 0.910. The van der Waals surface area contributed by atoms with Crippen molar-refractivity contribution in [2.45, 2.75) is 27.2 Å². The summed E-state index contributed by atoms with van der Waals surface area (Å²) in [4.78, 5) is 9.08. The topological polar surface area (TPSA) is 59.1 Å². The van der Waals surface area contributed by atoms with Crippen LogP contribution in [0.2, 0.25) is 0 Å². The van der Waals surface area contributed by atoms with Crippen molar-refractivity contribution < 1.29 is 4.74 Å². The second-order valence-corrected chi connectivity index (χ2v) is 6.67. The van der Waals surface area contributed by atoms with Gasteiger partial charge in [0.1, 0.15) is 11.6 Å². The maximum Gasteiger partial charge on any atom is 0.229 e. The van der Waals surface area contributed by atoms with Crippen LogP contribution in [0.3, 0.4) is 0 Å². The van der Waals surface area contributed by atoms with Crippen LogP contribution in [0, 0.1) is 20.8 Å². The van der Waals surface area contributed by atoms with Crippen molar-refractivity contribution in [1.29, 1.82) is 0 Å². The Bertz CT molecular complexity index is 907. The van der Waals surface area contributed by atoms with Crippen LogP contribution in [0.15, 0.2) is 48.5 Å². The minimum absolute atomic E-state index is 0.602. The molecule has 5 nitrogen and oxygen atoms in total. The predicted octanol–water partition coefficient (Wildman–Crippen LogP) is 4.81. The van der Waals surface area contributed by atoms with E-state index >= 15 is 0 Å². The van der Waals surface area contributed by atoms with Crippen LogP contribution in [0.4, 0.5) is 17.5 Å². The zero-order valence-corrected chi connectivity index (χ0v) is 16.3. The highest BCUT2D eigenvalue weighted by Crippen LogP contribution is 2.19. The minimum atomic E-state index is 0.602. The normalized spacial score (nSPS) is 10.5. The van der Waals surface area contributed by atoms with E-state index in [1.807, 2.05) is 31.2 Å². The standard InChI is InChI=1S/C22H26N4O/c1-15-5-8-19(13-16(15)2)25-22-24-17(3)14-21(26-22)23-12-11-18-6-9-20(27-4)10-7-18/h5-10,13-14H,11-12H2,1-4H3,(H2,23,24,25,26). The van der Waals surface area contributed by atoms with Gasteiger partial charge in [-0.05, 0) is 68.1 Å². The average Bonchev–Trinajstić information content (AvgIpc) is 2.65. The van der Waals surface area contributed by atoms with Crippen molar-refractivity contribution >= 4 is 17.5 Å². The molecule has 0 fully saturated rings. The molecule has 1 heterocycles. The van der Waals surface area contributed by atoms with Gasteiger partial charge in [-0.25, -0.2) is 4.98 Å². The molecule has 0 amide bonds. The van der Waals surface area contributed by atoms with Crippen molar-refractivity contribution in [2.75, 3.05) is 24.3 Å². The van der Waals surface area contributed by atoms with E-state index in [1.54, 1.807) is 7.11 Å². The molecule has 2 aromatic carbocycles. The molecular formula is C22H26N4O. The summed E-state index contributed by atoms with van der Waals surface area (Å²) in [5, 5.41) is 6.68. The van der Waals surface area contributed by atoms with E-state index in [9.17, 15) is 0 Å². The van der Waals surface area contributed by atoms with Crippen LogP contribution >= 0.6 is 0 Å². The van der Waals surface area contributed by atoms with Crippen molar-refractivity contribution in [2.24, 2.45) is 0 Å². The van der Waals surface area contributed by atoms with Gasteiger partial charge in [0.05, 0.1) is 7.11 Å². The van der Waals surface area contributed by atoms with E-state index in [-0.39, 0.29) is 0 Å². The molecule has 2 N–H and O–H groups in total. The van der Waals surface area contributed by atoms with Gasteiger partial charge >= 0.3 is 0 Å². The van der Waals surface area contributed by atoms with Crippen molar-refractivity contribution in [3.63, 3.8) is 0 Å². The summed E-state index contributed by atoms with van der Waals surface area (Å²) in [6.45, 7) is 6.98. The Morgan fingerprint density at radius 3 is 2.37 bits per heavy atom. The Hall–Kier alpha value is -3.08. The Kier molecular flexibility index (Phi) is 5.91. The van der Waals surface area contributed by atoms with Gasteiger partial charge in [0.15, 0.2) is 0 Å². The smallest absolute Gasteiger partial charge is 0.229 e. The number of aryl methyl sites for hydroxylation is 3. The molecule has 5 heteroatoms. The number of hydrogen-bond acceptors (Lipinski definition) is 5. The highest BCUT2D eigenvalue weighted by Gasteiger charge is 2.04. The molecule has 0 unspecified atom stereocenters. The molecule has 1 aromatic heterocycles. The quantitative estimate of drug-likeness (QED) is 0.632. The van der Waals surface area contributed by atoms with E-state index < -0.39 is 0 Å². The summed E-state index contributed by atoms with van der Waals surface area (Å²) < 4.78 is 5.19. The number of ether oxygens (including phenoxy) is 1. The van der Waals surface area contributed by atoms with Crippen LogP contribution < -0.4 is 15.4 Å². The molecule has 0 aliphatic heterocycles. The van der Waals surface area contributed by atoms with Crippen LogP contribution in [0.1, 0.15) is 22.4 Å². The summed E-state index contributed by atoms with van der Waals surface area (Å²) in [7, 11) is 1.68. The third kappa shape index (κ3) is 5.20. The lowest BCUT2D eigenvalue weighted by atomic mass is 10.1. The van der Waals surface area contributed by atoms with Crippen LogP contribution in [-0.4, -0.2) is 23.6 Å². The molecule has 27 heavy (non-hydrogen) atoms. The maximum atomic E-state index is 5.19. The molecule has 0 atom stereocenters. The zero-order valence-electron chi connectivity index (χ0n) is 16.3. The fraction of sp³-hybridized carbons (Fsp3) is 0.273. The van der Waals surface area contributed by atoms with Gasteiger partial charge in [0.25, 0.3) is 0 Å². The lowest BCUT2D eigenvalue weighted by Crippen LogP contribution is -2.08. The Balaban J connectivity index is 1.62. The second-order valence-electron chi connectivity index (χ2n) is 6.67. The summed E-state index contributed by atoms with van der Waals surface area (Å²) in [6, 6.07) is 16.3. The molecule has 0 bridgehead atoms. The van der Waals surface area contributed by atoms with Gasteiger partial charge in [-0.2, -0.15) is 4.98 Å². The zero-order chi connectivity index (χ0) is 19.2. The highest BCUT2D eigenvalue weighted by molar-refractivity contribution is 5.57. The number of anilines is 3. The number of benzene rings is 2. The molecule has 3 aromatic rings. The van der Waals surface area contributed by atoms with E-state index in [0.717, 1.165) is 35.9 Å². The number of aromatic nitrogens is 2. The molecule has 0 saturated carbocycles. The Labute approximate surface area is 160 Å². The molecule has 0 saturated heterocycles. The predicted molar refractivity (Wildman–Crippen MR) is 111 cm³/mol. The van der Waals surface area contributed by atoms with Gasteiger partial charge < -0.3 is 15.4 Å². The summed E-state index contributed by atoms with van der Waals surface area (Å²) in [5.74, 6) is 2.30. The number of methoxy groups -OCH3 is 1. The first-order valence-electron chi connectivity index (χ1n) is 9.10. The molecule has 0 aliphatic carbocycles. The number of nitrogens with zero attached hydrogens (tertiary/aromatic N) is 2. The second kappa shape index (κ2) is 8.54. The number of hydrogen-bond donors (Lipinski definition) is 2. The summed E-state index contributed by atoms with van der Waals surface area (Å²) >= 11 is 0. The first-order chi connectivity index (χ1) is 13.0. The lowest BCUT2D eigenvalue weighted by molar-refractivity contribution is 0.414. The van der Waals surface area contributed by atoms with Gasteiger partial charge in [-0.1, -0.05) is 18.2 Å². The van der Waals surface area contributed by atoms with Gasteiger partial charge in [0.2, 0.25) is 5.95 Å². The van der Waals surface area contributed by atoms with Crippen molar-refractivity contribution in [1.82, 2.24) is 9.97 Å². The molecule has 0 radical (unpaired) electrons. The SMILES string of the molecule is COc1ccc(CCNc2cc(C)nc(Nc3ccc(C)c(C)c3)n2)cc1. The highest BCUT2D eigenvalue weighted by atomic mass is 16.5. The Morgan fingerprint density at radius 1 is 0.889 bits per heavy atom. The van der Waals surface area contributed by atoms with E-state index in [2.05, 4.69) is 58.7 Å². The van der Waals surface area contributed by atoms with E-state index in [4.69, 9.17) is 4.74 Å². The van der Waals surface area contributed by atoms with Crippen molar-refractivity contribution in [3.8, 4) is 5.75 Å². The summed E-state index contributed by atoms with van der Waals surface area (Å²) in [5.41, 5.74) is 5.68. The fourth-order valence-electron chi connectivity index (χ4n) is 2.79. The molecule has 3 rings (SSSR count). The fourth-order valence-corrected chi connectivity index (χ4v) is 2.79. The Morgan fingerprint density at radius 2 is 1.67 bits per heavy atom. The third-order valence-electron chi connectivity index (χ3n) is 4.50. The van der Waals surface area contributed by atoms with Crippen LogP contribution in [-0.2, 0) is 6.42 Å². The largest absolute Gasteiger partial charge is 0.497 e. The van der Waals surface area contributed by atoms with Crippen LogP contribution in [0.5, 0.6) is 5.75 Å². The van der Waals surface area contributed by atoms with E-state index in [1.165, 1.54) is 16.7 Å². The molecule has 0 aliphatic rings. The van der Waals surface area contributed by atoms with Gasteiger partial charge in [-0.15, -0.1) is 0 Å². The number of rotatable bonds is 7. The van der Waals surface area contributed by atoms with Gasteiger partial charge in [0, 0.05) is 24.0 Å². The van der Waals surface area contributed by atoms with Gasteiger partial charge in [-0.3, -0.25) is 0 Å². The van der Waals surface area contributed by atoms with Crippen molar-refractivity contribution in [3.05, 3.63) is 70.9 Å². The maximum absolute atomic E-state index is 5.19. The van der Waals surface area contributed by atoms with Crippen LogP contribution in [0.25, 0.3) is 0 Å². The monoisotopic (exact) mass is 362 g/mol. The molecule has 0 spiro atoms. The lowest BCUT2D eigenvalue weighted by Gasteiger charge is -2.11. The number of nitrogens with one attached hydrogen (secondary N) is 2.